The molecular weight excluding hydrogens is 148 g/mol. The number of rotatable bonds is 2. The van der Waals surface area contributed by atoms with E-state index in [9.17, 15) is 0 Å². The van der Waals surface area contributed by atoms with Crippen molar-refractivity contribution in [1.82, 2.24) is 0 Å². The highest BCUT2D eigenvalue weighted by atomic mass is 14.9. The Bertz CT molecular complexity index is 153. The lowest BCUT2D eigenvalue weighted by molar-refractivity contribution is 0.390. The molecule has 1 rings (SSSR count). The molecule has 0 bridgehead atoms. The van der Waals surface area contributed by atoms with Gasteiger partial charge < -0.3 is 0 Å². The number of hydrogen-bond donors (Lipinski definition) is 0. The van der Waals surface area contributed by atoms with E-state index in [2.05, 4.69) is 9.98 Å². The first-order chi connectivity index (χ1) is 5.88. The van der Waals surface area contributed by atoms with Gasteiger partial charge in [0.15, 0.2) is 0 Å². The third kappa shape index (κ3) is 2.43. The molecule has 1 saturated carbocycles. The minimum absolute atomic E-state index is 0.458. The zero-order chi connectivity index (χ0) is 8.81. The van der Waals surface area contributed by atoms with Crippen LogP contribution in [0.5, 0.6) is 0 Å². The van der Waals surface area contributed by atoms with Crippen LogP contribution in [0.15, 0.2) is 9.98 Å². The molecular formula is C10H18N2. The van der Waals surface area contributed by atoms with Crippen LogP contribution in [0, 0.1) is 0 Å². The molecule has 2 nitrogen and oxygen atoms in total. The van der Waals surface area contributed by atoms with Crippen LogP contribution in [-0.2, 0) is 0 Å². The van der Waals surface area contributed by atoms with E-state index >= 15 is 0 Å². The summed E-state index contributed by atoms with van der Waals surface area (Å²) in [6.07, 6.45) is 8.89. The number of aliphatic imine (C=N–C) groups is 2. The Morgan fingerprint density at radius 2 is 1.33 bits per heavy atom. The Balaban J connectivity index is 2.53. The van der Waals surface area contributed by atoms with Crippen LogP contribution < -0.4 is 0 Å². The molecule has 0 amide bonds. The molecule has 0 spiro atoms. The summed E-state index contributed by atoms with van der Waals surface area (Å²) in [5.74, 6) is 0. The highest BCUT2D eigenvalue weighted by Crippen LogP contribution is 2.23. The van der Waals surface area contributed by atoms with Gasteiger partial charge in [0.1, 0.15) is 0 Å². The monoisotopic (exact) mass is 166 g/mol. The lowest BCUT2D eigenvalue weighted by atomic mass is 9.91. The molecule has 68 valence electrons. The van der Waals surface area contributed by atoms with Crippen LogP contribution in [0.25, 0.3) is 0 Å². The summed E-state index contributed by atoms with van der Waals surface area (Å²) in [5, 5.41) is 0. The minimum Gasteiger partial charge on any atom is -0.292 e. The molecule has 0 aromatic carbocycles. The van der Waals surface area contributed by atoms with Gasteiger partial charge in [0.05, 0.1) is 12.1 Å². The second kappa shape index (κ2) is 5.07. The molecule has 1 aliphatic carbocycles. The van der Waals surface area contributed by atoms with Gasteiger partial charge in [0, 0.05) is 0 Å². The van der Waals surface area contributed by atoms with Crippen molar-refractivity contribution in [1.29, 1.82) is 0 Å². The Morgan fingerprint density at radius 1 is 0.917 bits per heavy atom. The van der Waals surface area contributed by atoms with Crippen molar-refractivity contribution in [3.63, 3.8) is 0 Å². The average molecular weight is 166 g/mol. The van der Waals surface area contributed by atoms with Crippen molar-refractivity contribution in [3.8, 4) is 0 Å². The van der Waals surface area contributed by atoms with E-state index < -0.39 is 0 Å². The van der Waals surface area contributed by atoms with Crippen molar-refractivity contribution in [3.05, 3.63) is 0 Å². The third-order valence-electron chi connectivity index (χ3n) is 2.38. The molecule has 0 aromatic heterocycles. The van der Waals surface area contributed by atoms with Gasteiger partial charge in [-0.2, -0.15) is 0 Å². The lowest BCUT2D eigenvalue weighted by Crippen LogP contribution is -2.26. The normalized spacial score (nSPS) is 31.8. The molecule has 2 atom stereocenters. The van der Waals surface area contributed by atoms with E-state index in [0.29, 0.717) is 12.1 Å². The molecule has 0 aromatic rings. The SMILES string of the molecule is CC=N[C@@H]1CCCC[C@H]1N=CC. The summed E-state index contributed by atoms with van der Waals surface area (Å²) in [6.45, 7) is 3.97. The Morgan fingerprint density at radius 3 is 1.67 bits per heavy atom. The van der Waals surface area contributed by atoms with Crippen LogP contribution in [-0.4, -0.2) is 24.5 Å². The van der Waals surface area contributed by atoms with Crippen LogP contribution in [0.1, 0.15) is 39.5 Å². The maximum absolute atomic E-state index is 4.44. The zero-order valence-electron chi connectivity index (χ0n) is 8.03. The van der Waals surface area contributed by atoms with Crippen molar-refractivity contribution in [2.24, 2.45) is 9.98 Å². The van der Waals surface area contributed by atoms with E-state index in [1.165, 1.54) is 25.7 Å². The molecule has 0 radical (unpaired) electrons. The van der Waals surface area contributed by atoms with E-state index in [4.69, 9.17) is 0 Å². The van der Waals surface area contributed by atoms with Gasteiger partial charge in [-0.05, 0) is 39.1 Å². The maximum Gasteiger partial charge on any atom is 0.0718 e. The molecule has 0 unspecified atom stereocenters. The average Bonchev–Trinajstić information content (AvgIpc) is 2.09. The Kier molecular flexibility index (Phi) is 3.98. The highest BCUT2D eigenvalue weighted by molar-refractivity contribution is 5.55. The summed E-state index contributed by atoms with van der Waals surface area (Å²) in [4.78, 5) is 8.89. The fourth-order valence-corrected chi connectivity index (χ4v) is 1.82. The quantitative estimate of drug-likeness (QED) is 0.563. The fourth-order valence-electron chi connectivity index (χ4n) is 1.82. The van der Waals surface area contributed by atoms with Gasteiger partial charge in [-0.25, -0.2) is 0 Å². The van der Waals surface area contributed by atoms with Crippen LogP contribution in [0.3, 0.4) is 0 Å². The summed E-state index contributed by atoms with van der Waals surface area (Å²) in [5.41, 5.74) is 0. The van der Waals surface area contributed by atoms with E-state index in [0.717, 1.165) is 0 Å². The molecule has 0 heterocycles. The lowest BCUT2D eigenvalue weighted by Gasteiger charge is -2.25. The highest BCUT2D eigenvalue weighted by Gasteiger charge is 2.22. The predicted octanol–water partition coefficient (Wildman–Crippen LogP) is 2.48. The first kappa shape index (κ1) is 9.43. The van der Waals surface area contributed by atoms with Crippen LogP contribution in [0.4, 0.5) is 0 Å². The smallest absolute Gasteiger partial charge is 0.0718 e. The maximum atomic E-state index is 4.44. The van der Waals surface area contributed by atoms with Crippen molar-refractivity contribution < 1.29 is 0 Å². The summed E-state index contributed by atoms with van der Waals surface area (Å²) in [6, 6.07) is 0.917. The molecule has 1 fully saturated rings. The van der Waals surface area contributed by atoms with Gasteiger partial charge in [0.2, 0.25) is 0 Å². The van der Waals surface area contributed by atoms with Gasteiger partial charge in [-0.15, -0.1) is 0 Å². The minimum atomic E-state index is 0.458. The second-order valence-electron chi connectivity index (χ2n) is 3.23. The van der Waals surface area contributed by atoms with E-state index in [-0.39, 0.29) is 0 Å². The number of hydrogen-bond acceptors (Lipinski definition) is 2. The molecule has 0 aliphatic heterocycles. The summed E-state index contributed by atoms with van der Waals surface area (Å²) >= 11 is 0. The second-order valence-corrected chi connectivity index (χ2v) is 3.23. The molecule has 2 heteroatoms. The molecule has 0 N–H and O–H groups in total. The standard InChI is InChI=1S/C10H18N2/c1-3-11-9-7-5-6-8-10(9)12-4-2/h3-4,9-10H,5-8H2,1-2H3/t9-,10-/m1/s1. The first-order valence-corrected chi connectivity index (χ1v) is 4.84. The summed E-state index contributed by atoms with van der Waals surface area (Å²) in [7, 11) is 0. The molecule has 0 saturated heterocycles. The van der Waals surface area contributed by atoms with E-state index in [1.54, 1.807) is 0 Å². The fraction of sp³-hybridized carbons (Fsp3) is 0.800. The summed E-state index contributed by atoms with van der Waals surface area (Å²) < 4.78 is 0. The molecule has 12 heavy (non-hydrogen) atoms. The predicted molar refractivity (Wildman–Crippen MR) is 54.4 cm³/mol. The van der Waals surface area contributed by atoms with E-state index in [1.807, 2.05) is 26.3 Å². The molecule has 1 aliphatic rings. The van der Waals surface area contributed by atoms with Crippen LogP contribution in [0.2, 0.25) is 0 Å². The van der Waals surface area contributed by atoms with Crippen molar-refractivity contribution in [2.45, 2.75) is 51.6 Å². The Labute approximate surface area is 74.8 Å². The first-order valence-electron chi connectivity index (χ1n) is 4.84. The van der Waals surface area contributed by atoms with Crippen LogP contribution >= 0.6 is 0 Å². The van der Waals surface area contributed by atoms with Gasteiger partial charge >= 0.3 is 0 Å². The van der Waals surface area contributed by atoms with Crippen molar-refractivity contribution in [2.75, 3.05) is 0 Å². The van der Waals surface area contributed by atoms with Crippen molar-refractivity contribution >= 4 is 12.4 Å². The topological polar surface area (TPSA) is 24.7 Å². The third-order valence-corrected chi connectivity index (χ3v) is 2.38. The van der Waals surface area contributed by atoms with Gasteiger partial charge in [-0.3, -0.25) is 9.98 Å². The van der Waals surface area contributed by atoms with Gasteiger partial charge in [-0.1, -0.05) is 12.8 Å². The largest absolute Gasteiger partial charge is 0.292 e. The zero-order valence-corrected chi connectivity index (χ0v) is 8.03. The van der Waals surface area contributed by atoms with Gasteiger partial charge in [0.25, 0.3) is 0 Å². The Hall–Kier alpha value is -0.660. The number of nitrogens with zero attached hydrogens (tertiary/aromatic N) is 2.